The van der Waals surface area contributed by atoms with Gasteiger partial charge in [-0.1, -0.05) is 11.6 Å². The normalized spacial score (nSPS) is 10.4. The zero-order chi connectivity index (χ0) is 9.80. The van der Waals surface area contributed by atoms with Crippen molar-refractivity contribution >= 4 is 11.5 Å². The van der Waals surface area contributed by atoms with Crippen molar-refractivity contribution < 1.29 is 4.68 Å². The summed E-state index contributed by atoms with van der Waals surface area (Å²) >= 11 is 1.46. The van der Waals surface area contributed by atoms with Crippen LogP contribution in [0.1, 0.15) is 13.3 Å². The Kier molecular flexibility index (Phi) is 2.84. The molecule has 0 saturated carbocycles. The molecule has 2 aromatic heterocycles. The maximum absolute atomic E-state index is 4.31. The van der Waals surface area contributed by atoms with Crippen LogP contribution >= 0.6 is 11.5 Å². The van der Waals surface area contributed by atoms with E-state index >= 15 is 0 Å². The van der Waals surface area contributed by atoms with Crippen LogP contribution in [-0.2, 0) is 6.54 Å². The van der Waals surface area contributed by atoms with Gasteiger partial charge in [-0.25, -0.2) is 0 Å². The van der Waals surface area contributed by atoms with Crippen LogP contribution in [0.2, 0.25) is 0 Å². The average Bonchev–Trinajstić information content (AvgIpc) is 2.72. The highest BCUT2D eigenvalue weighted by molar-refractivity contribution is 7.03. The van der Waals surface area contributed by atoms with Crippen molar-refractivity contribution in [3.05, 3.63) is 29.9 Å². The van der Waals surface area contributed by atoms with Crippen LogP contribution in [0.4, 0.5) is 0 Å². The van der Waals surface area contributed by atoms with Crippen molar-refractivity contribution in [1.82, 2.24) is 9.47 Å². The molecule has 2 heterocycles. The molecule has 0 atom stereocenters. The second-order valence-corrected chi connectivity index (χ2v) is 3.73. The van der Waals surface area contributed by atoms with E-state index in [1.54, 1.807) is 0 Å². The highest BCUT2D eigenvalue weighted by Crippen LogP contribution is 2.15. The Morgan fingerprint density at radius 1 is 1.43 bits per heavy atom. The zero-order valence-electron chi connectivity index (χ0n) is 8.05. The fourth-order valence-electron chi connectivity index (χ4n) is 1.26. The summed E-state index contributed by atoms with van der Waals surface area (Å²) in [7, 11) is 0. The summed E-state index contributed by atoms with van der Waals surface area (Å²) in [6, 6.07) is 4.06. The van der Waals surface area contributed by atoms with Crippen LogP contribution < -0.4 is 4.68 Å². The number of hydrogen-bond acceptors (Lipinski definition) is 3. The predicted molar refractivity (Wildman–Crippen MR) is 55.8 cm³/mol. The molecule has 14 heavy (non-hydrogen) atoms. The minimum atomic E-state index is 0.970. The first-order valence-electron chi connectivity index (χ1n) is 4.66. The monoisotopic (exact) mass is 206 g/mol. The molecular weight excluding hydrogens is 194 g/mol. The van der Waals surface area contributed by atoms with Gasteiger partial charge in [-0.2, -0.15) is 4.37 Å². The molecule has 0 aliphatic heterocycles. The Balaban J connectivity index is 2.22. The summed E-state index contributed by atoms with van der Waals surface area (Å²) in [5, 5.41) is 6.28. The molecular formula is C10H12N3S+. The Labute approximate surface area is 87.2 Å². The maximum atomic E-state index is 4.31. The topological polar surface area (TPSA) is 29.7 Å². The lowest BCUT2D eigenvalue weighted by Gasteiger charge is -1.93. The zero-order valence-corrected chi connectivity index (χ0v) is 8.87. The van der Waals surface area contributed by atoms with Gasteiger partial charge in [0.2, 0.25) is 0 Å². The number of rotatable bonds is 3. The van der Waals surface area contributed by atoms with E-state index < -0.39 is 0 Å². The van der Waals surface area contributed by atoms with Crippen LogP contribution in [0.25, 0.3) is 11.3 Å². The van der Waals surface area contributed by atoms with E-state index in [9.17, 15) is 0 Å². The minimum Gasteiger partial charge on any atom is -0.193 e. The number of aromatic nitrogens is 3. The number of hydrogen-bond donors (Lipinski definition) is 0. The second kappa shape index (κ2) is 4.28. The summed E-state index contributed by atoms with van der Waals surface area (Å²) in [5.74, 6) is 0. The van der Waals surface area contributed by atoms with E-state index in [1.807, 2.05) is 28.5 Å². The summed E-state index contributed by atoms with van der Waals surface area (Å²) in [5.41, 5.74) is 2.09. The fraction of sp³-hybridized carbons (Fsp3) is 0.300. The Morgan fingerprint density at radius 3 is 2.93 bits per heavy atom. The number of nitrogens with zero attached hydrogens (tertiary/aromatic N) is 3. The Bertz CT molecular complexity index is 380. The highest BCUT2D eigenvalue weighted by Gasteiger charge is 2.04. The van der Waals surface area contributed by atoms with Gasteiger partial charge in [0.05, 0.1) is 5.69 Å². The first kappa shape index (κ1) is 9.27. The van der Waals surface area contributed by atoms with Crippen molar-refractivity contribution in [3.8, 4) is 11.3 Å². The summed E-state index contributed by atoms with van der Waals surface area (Å²) in [6.45, 7) is 3.11. The molecule has 0 spiro atoms. The fourth-order valence-corrected chi connectivity index (χ4v) is 1.79. The Hall–Kier alpha value is -1.29. The molecule has 2 rings (SSSR count). The third-order valence-corrected chi connectivity index (χ3v) is 2.52. The first-order chi connectivity index (χ1) is 6.90. The number of aryl methyl sites for hydroxylation is 1. The van der Waals surface area contributed by atoms with Crippen molar-refractivity contribution in [1.29, 1.82) is 0 Å². The summed E-state index contributed by atoms with van der Waals surface area (Å²) < 4.78 is 6.19. The van der Waals surface area contributed by atoms with E-state index in [1.165, 1.54) is 11.5 Å². The van der Waals surface area contributed by atoms with Crippen LogP contribution in [-0.4, -0.2) is 9.47 Å². The van der Waals surface area contributed by atoms with Crippen LogP contribution in [0.15, 0.2) is 29.9 Å². The molecule has 0 amide bonds. The van der Waals surface area contributed by atoms with Crippen LogP contribution in [0, 0.1) is 0 Å². The van der Waals surface area contributed by atoms with E-state index in [0.29, 0.717) is 0 Å². The molecule has 4 heteroatoms. The standard InChI is InChI=1S/C10H12N3S/c1-2-5-13-6-3-9(8-11-13)10-4-7-14-12-10/h3-4,6-8H,2,5H2,1H3/q+1. The van der Waals surface area contributed by atoms with E-state index in [0.717, 1.165) is 24.2 Å². The highest BCUT2D eigenvalue weighted by atomic mass is 32.1. The van der Waals surface area contributed by atoms with Gasteiger partial charge in [0.25, 0.3) is 0 Å². The van der Waals surface area contributed by atoms with E-state index in [4.69, 9.17) is 0 Å². The average molecular weight is 206 g/mol. The maximum Gasteiger partial charge on any atom is 0.196 e. The van der Waals surface area contributed by atoms with Crippen molar-refractivity contribution in [2.75, 3.05) is 0 Å². The third kappa shape index (κ3) is 1.96. The van der Waals surface area contributed by atoms with Gasteiger partial charge in [-0.05, 0) is 22.7 Å². The molecule has 3 nitrogen and oxygen atoms in total. The van der Waals surface area contributed by atoms with Crippen molar-refractivity contribution in [2.24, 2.45) is 0 Å². The Morgan fingerprint density at radius 2 is 2.36 bits per heavy atom. The SMILES string of the molecule is CCC[n+]1ccc(-c2ccsn2)cn1. The first-order valence-corrected chi connectivity index (χ1v) is 5.50. The van der Waals surface area contributed by atoms with Gasteiger partial charge >= 0.3 is 0 Å². The van der Waals surface area contributed by atoms with E-state index in [2.05, 4.69) is 22.5 Å². The summed E-state index contributed by atoms with van der Waals surface area (Å²) in [4.78, 5) is 0. The van der Waals surface area contributed by atoms with Gasteiger partial charge in [-0.3, -0.25) is 0 Å². The van der Waals surface area contributed by atoms with Crippen molar-refractivity contribution in [2.45, 2.75) is 19.9 Å². The van der Waals surface area contributed by atoms with Gasteiger partial charge < -0.3 is 0 Å². The lowest BCUT2D eigenvalue weighted by atomic mass is 10.2. The van der Waals surface area contributed by atoms with Gasteiger partial charge in [0, 0.05) is 23.4 Å². The van der Waals surface area contributed by atoms with Crippen molar-refractivity contribution in [3.63, 3.8) is 0 Å². The predicted octanol–water partition coefficient (Wildman–Crippen LogP) is 1.90. The molecule has 0 fully saturated rings. The van der Waals surface area contributed by atoms with Crippen LogP contribution in [0.5, 0.6) is 0 Å². The quantitative estimate of drug-likeness (QED) is 0.718. The smallest absolute Gasteiger partial charge is 0.193 e. The van der Waals surface area contributed by atoms with Gasteiger partial charge in [0.15, 0.2) is 12.7 Å². The molecule has 72 valence electrons. The third-order valence-electron chi connectivity index (χ3n) is 1.96. The minimum absolute atomic E-state index is 0.970. The second-order valence-electron chi connectivity index (χ2n) is 3.06. The molecule has 0 aromatic carbocycles. The molecule has 0 bridgehead atoms. The molecule has 0 saturated heterocycles. The molecule has 0 aliphatic rings. The largest absolute Gasteiger partial charge is 0.196 e. The van der Waals surface area contributed by atoms with Gasteiger partial charge in [-0.15, -0.1) is 0 Å². The lowest BCUT2D eigenvalue weighted by molar-refractivity contribution is -0.753. The van der Waals surface area contributed by atoms with E-state index in [-0.39, 0.29) is 0 Å². The van der Waals surface area contributed by atoms with Crippen LogP contribution in [0.3, 0.4) is 0 Å². The van der Waals surface area contributed by atoms with Gasteiger partial charge in [0.1, 0.15) is 6.20 Å². The molecule has 0 radical (unpaired) electrons. The molecule has 0 unspecified atom stereocenters. The lowest BCUT2D eigenvalue weighted by Crippen LogP contribution is -2.36. The summed E-state index contributed by atoms with van der Waals surface area (Å²) in [6.07, 6.45) is 4.97. The molecule has 2 aromatic rings. The molecule has 0 N–H and O–H groups in total. The molecule has 0 aliphatic carbocycles.